The Kier molecular flexibility index (Phi) is 8.62. The molecule has 2 aromatic carbocycles. The van der Waals surface area contributed by atoms with Crippen LogP contribution in [0.25, 0.3) is 11.1 Å². The summed E-state index contributed by atoms with van der Waals surface area (Å²) in [5, 5.41) is 19.3. The van der Waals surface area contributed by atoms with Gasteiger partial charge in [-0.3, -0.25) is 0 Å². The molecule has 0 spiro atoms. The second-order valence-electron chi connectivity index (χ2n) is 9.35. The van der Waals surface area contributed by atoms with Crippen LogP contribution in [0.1, 0.15) is 31.2 Å². The number of rotatable bonds is 11. The number of β-amino-alcohol motifs (C(OH)–C–C–N with tert-alkyl or cyclic N) is 2. The fraction of sp³-hybridized carbons (Fsp3) is 0.556. The fourth-order valence-corrected chi connectivity index (χ4v) is 4.82. The number of likely N-dealkylation sites (tertiary alicyclic amines) is 2. The number of nitrogens with zero attached hydrogens (tertiary/aromatic N) is 2. The molecular weight excluding hydrogens is 416 g/mol. The molecule has 2 unspecified atom stereocenters. The Hall–Kier alpha value is -2.12. The molecule has 180 valence electrons. The van der Waals surface area contributed by atoms with E-state index < -0.39 is 0 Å². The SMILES string of the molecule is Cc1c(OCCCN2CCC(O)C2)cccc1-c1cccc(OCCCN2CCC(O)C2)c1. The van der Waals surface area contributed by atoms with Crippen molar-refractivity contribution in [2.24, 2.45) is 0 Å². The zero-order valence-corrected chi connectivity index (χ0v) is 19.8. The van der Waals surface area contributed by atoms with Crippen LogP contribution in [0, 0.1) is 6.92 Å². The third-order valence-electron chi connectivity index (χ3n) is 6.69. The van der Waals surface area contributed by atoms with Crippen molar-refractivity contribution in [3.63, 3.8) is 0 Å². The Balaban J connectivity index is 1.27. The Labute approximate surface area is 197 Å². The van der Waals surface area contributed by atoms with E-state index in [0.717, 1.165) is 93.1 Å². The summed E-state index contributed by atoms with van der Waals surface area (Å²) in [6.07, 6.45) is 3.35. The second kappa shape index (κ2) is 11.8. The highest BCUT2D eigenvalue weighted by Crippen LogP contribution is 2.32. The van der Waals surface area contributed by atoms with Crippen LogP contribution in [-0.2, 0) is 0 Å². The summed E-state index contributed by atoms with van der Waals surface area (Å²) >= 11 is 0. The zero-order chi connectivity index (χ0) is 23.0. The topological polar surface area (TPSA) is 65.4 Å². The molecule has 4 rings (SSSR count). The van der Waals surface area contributed by atoms with Gasteiger partial charge in [-0.25, -0.2) is 0 Å². The van der Waals surface area contributed by atoms with E-state index in [1.165, 1.54) is 0 Å². The van der Waals surface area contributed by atoms with Gasteiger partial charge >= 0.3 is 0 Å². The van der Waals surface area contributed by atoms with Gasteiger partial charge in [0.2, 0.25) is 0 Å². The number of aliphatic hydroxyl groups is 2. The number of ether oxygens (including phenoxy) is 2. The lowest BCUT2D eigenvalue weighted by Gasteiger charge is -2.17. The number of hydrogen-bond acceptors (Lipinski definition) is 6. The normalized spacial score (nSPS) is 21.5. The molecule has 2 aromatic rings. The van der Waals surface area contributed by atoms with E-state index >= 15 is 0 Å². The smallest absolute Gasteiger partial charge is 0.122 e. The first kappa shape index (κ1) is 24.0. The zero-order valence-electron chi connectivity index (χ0n) is 19.8. The van der Waals surface area contributed by atoms with Gasteiger partial charge < -0.3 is 29.5 Å². The second-order valence-corrected chi connectivity index (χ2v) is 9.35. The Morgan fingerprint density at radius 3 is 2.12 bits per heavy atom. The lowest BCUT2D eigenvalue weighted by atomic mass is 10.00. The van der Waals surface area contributed by atoms with Crippen LogP contribution in [0.3, 0.4) is 0 Å². The maximum absolute atomic E-state index is 9.65. The number of hydrogen-bond donors (Lipinski definition) is 2. The van der Waals surface area contributed by atoms with Crippen LogP contribution in [0.2, 0.25) is 0 Å². The molecule has 0 aliphatic carbocycles. The molecule has 2 heterocycles. The van der Waals surface area contributed by atoms with E-state index in [2.05, 4.69) is 34.9 Å². The van der Waals surface area contributed by atoms with Gasteiger partial charge in [-0.15, -0.1) is 0 Å². The lowest BCUT2D eigenvalue weighted by molar-refractivity contribution is 0.172. The van der Waals surface area contributed by atoms with Crippen LogP contribution in [0.5, 0.6) is 11.5 Å². The molecule has 2 atom stereocenters. The van der Waals surface area contributed by atoms with Gasteiger partial charge in [0.1, 0.15) is 11.5 Å². The highest BCUT2D eigenvalue weighted by molar-refractivity contribution is 5.70. The van der Waals surface area contributed by atoms with Gasteiger partial charge in [0.15, 0.2) is 0 Å². The van der Waals surface area contributed by atoms with Gasteiger partial charge in [-0.1, -0.05) is 24.3 Å². The molecule has 2 aliphatic heterocycles. The van der Waals surface area contributed by atoms with E-state index in [1.54, 1.807) is 0 Å². The van der Waals surface area contributed by atoms with E-state index in [0.29, 0.717) is 13.2 Å². The minimum absolute atomic E-state index is 0.162. The van der Waals surface area contributed by atoms with Gasteiger partial charge in [0.05, 0.1) is 25.4 Å². The average molecular weight is 455 g/mol. The van der Waals surface area contributed by atoms with Crippen molar-refractivity contribution in [2.45, 2.75) is 44.8 Å². The lowest BCUT2D eigenvalue weighted by Crippen LogP contribution is -2.24. The van der Waals surface area contributed by atoms with E-state index in [9.17, 15) is 10.2 Å². The maximum atomic E-state index is 9.65. The van der Waals surface area contributed by atoms with Crippen molar-refractivity contribution in [3.05, 3.63) is 48.0 Å². The van der Waals surface area contributed by atoms with Gasteiger partial charge in [0, 0.05) is 39.3 Å². The van der Waals surface area contributed by atoms with Crippen molar-refractivity contribution in [1.29, 1.82) is 0 Å². The van der Waals surface area contributed by atoms with Crippen LogP contribution in [0.15, 0.2) is 42.5 Å². The molecule has 6 nitrogen and oxygen atoms in total. The van der Waals surface area contributed by atoms with Crippen molar-refractivity contribution < 1.29 is 19.7 Å². The molecule has 6 heteroatoms. The van der Waals surface area contributed by atoms with Crippen LogP contribution in [-0.4, -0.2) is 84.7 Å². The standard InChI is InChI=1S/C27H38N2O4/c1-21-26(8-3-9-27(21)33-17-5-13-29-15-11-24(31)20-29)22-6-2-7-25(18-22)32-16-4-12-28-14-10-23(30)19-28/h2-3,6-9,18,23-24,30-31H,4-5,10-17,19-20H2,1H3. The first-order valence-corrected chi connectivity index (χ1v) is 12.3. The van der Waals surface area contributed by atoms with E-state index in [4.69, 9.17) is 9.47 Å². The largest absolute Gasteiger partial charge is 0.494 e. The molecule has 0 saturated carbocycles. The highest BCUT2D eigenvalue weighted by atomic mass is 16.5. The summed E-state index contributed by atoms with van der Waals surface area (Å²) in [7, 11) is 0. The predicted octanol–water partition coefficient (Wildman–Crippen LogP) is 3.33. The maximum Gasteiger partial charge on any atom is 0.122 e. The monoisotopic (exact) mass is 454 g/mol. The van der Waals surface area contributed by atoms with Crippen molar-refractivity contribution in [1.82, 2.24) is 9.80 Å². The summed E-state index contributed by atoms with van der Waals surface area (Å²) in [6, 6.07) is 14.5. The Bertz CT molecular complexity index is 890. The summed E-state index contributed by atoms with van der Waals surface area (Å²) in [6.45, 7) is 8.93. The van der Waals surface area contributed by atoms with E-state index in [1.807, 2.05) is 24.3 Å². The van der Waals surface area contributed by atoms with Crippen molar-refractivity contribution >= 4 is 0 Å². The molecule has 0 radical (unpaired) electrons. The highest BCUT2D eigenvalue weighted by Gasteiger charge is 2.20. The van der Waals surface area contributed by atoms with Crippen LogP contribution in [0.4, 0.5) is 0 Å². The molecule has 2 N–H and O–H groups in total. The van der Waals surface area contributed by atoms with Gasteiger partial charge in [0.25, 0.3) is 0 Å². The Morgan fingerprint density at radius 2 is 1.48 bits per heavy atom. The molecule has 33 heavy (non-hydrogen) atoms. The molecule has 0 bridgehead atoms. The molecule has 2 aliphatic rings. The minimum atomic E-state index is -0.163. The van der Waals surface area contributed by atoms with Crippen LogP contribution >= 0.6 is 0 Å². The Morgan fingerprint density at radius 1 is 0.848 bits per heavy atom. The van der Waals surface area contributed by atoms with Gasteiger partial charge in [-0.05, 0) is 67.5 Å². The minimum Gasteiger partial charge on any atom is -0.494 e. The summed E-state index contributed by atoms with van der Waals surface area (Å²) in [5.74, 6) is 1.81. The van der Waals surface area contributed by atoms with Gasteiger partial charge in [-0.2, -0.15) is 0 Å². The molecule has 0 amide bonds. The summed E-state index contributed by atoms with van der Waals surface area (Å²) < 4.78 is 12.1. The molecule has 0 aromatic heterocycles. The third kappa shape index (κ3) is 6.93. The first-order chi connectivity index (χ1) is 16.1. The number of benzene rings is 2. The molecule has 2 saturated heterocycles. The van der Waals surface area contributed by atoms with E-state index in [-0.39, 0.29) is 12.2 Å². The predicted molar refractivity (Wildman–Crippen MR) is 131 cm³/mol. The number of aliphatic hydroxyl groups excluding tert-OH is 2. The average Bonchev–Trinajstić information content (AvgIpc) is 3.43. The van der Waals surface area contributed by atoms with Crippen molar-refractivity contribution in [2.75, 3.05) is 52.5 Å². The first-order valence-electron chi connectivity index (χ1n) is 12.3. The molecule has 2 fully saturated rings. The fourth-order valence-electron chi connectivity index (χ4n) is 4.82. The molecular formula is C27H38N2O4. The van der Waals surface area contributed by atoms with Crippen molar-refractivity contribution in [3.8, 4) is 22.6 Å². The quantitative estimate of drug-likeness (QED) is 0.508. The third-order valence-corrected chi connectivity index (χ3v) is 6.69. The summed E-state index contributed by atoms with van der Waals surface area (Å²) in [5.41, 5.74) is 3.43. The van der Waals surface area contributed by atoms with Crippen LogP contribution < -0.4 is 9.47 Å². The summed E-state index contributed by atoms with van der Waals surface area (Å²) in [4.78, 5) is 4.60.